The predicted molar refractivity (Wildman–Crippen MR) is 135 cm³/mol. The number of pyridine rings is 1. The fraction of sp³-hybridized carbons (Fsp3) is 0.360. The first-order chi connectivity index (χ1) is 17.9. The average Bonchev–Trinajstić information content (AvgIpc) is 3.31. The van der Waals surface area contributed by atoms with Crippen LogP contribution in [0.25, 0.3) is 16.6 Å². The minimum Gasteiger partial charge on any atom is -0.476 e. The molecule has 2 N–H and O–H groups in total. The van der Waals surface area contributed by atoms with Crippen LogP contribution in [0, 0.1) is 6.92 Å². The summed E-state index contributed by atoms with van der Waals surface area (Å²) in [6.45, 7) is 3.61. The number of nitrogens with one attached hydrogen (secondary N) is 1. The van der Waals surface area contributed by atoms with E-state index in [0.29, 0.717) is 16.5 Å². The molecule has 0 unspecified atom stereocenters. The number of carboxylic acids is 1. The lowest BCUT2D eigenvalue weighted by Crippen LogP contribution is -2.40. The molecule has 1 aliphatic heterocycles. The van der Waals surface area contributed by atoms with Crippen molar-refractivity contribution in [2.24, 2.45) is 0 Å². The van der Waals surface area contributed by atoms with Crippen molar-refractivity contribution in [1.82, 2.24) is 19.4 Å². The summed E-state index contributed by atoms with van der Waals surface area (Å²) in [4.78, 5) is 26.2. The number of halogens is 5. The maximum absolute atomic E-state index is 13.9. The van der Waals surface area contributed by atoms with Crippen molar-refractivity contribution < 1.29 is 27.5 Å². The molecule has 0 saturated carbocycles. The number of aromatic nitrogens is 4. The van der Waals surface area contributed by atoms with E-state index < -0.39 is 30.1 Å². The molecule has 5 rings (SSSR count). The Morgan fingerprint density at radius 3 is 2.53 bits per heavy atom. The van der Waals surface area contributed by atoms with Gasteiger partial charge in [-0.25, -0.2) is 37.3 Å². The third-order valence-electron chi connectivity index (χ3n) is 6.58. The largest absolute Gasteiger partial charge is 0.476 e. The van der Waals surface area contributed by atoms with E-state index in [2.05, 4.69) is 15.3 Å². The number of fused-ring (bicyclic) bond motifs is 3. The van der Waals surface area contributed by atoms with Crippen molar-refractivity contribution in [2.45, 2.75) is 45.1 Å². The van der Waals surface area contributed by atoms with Gasteiger partial charge in [-0.2, -0.15) is 0 Å². The molecule has 200 valence electrons. The number of hydrogen-bond acceptors (Lipinski definition) is 6. The van der Waals surface area contributed by atoms with Gasteiger partial charge < -0.3 is 15.3 Å². The molecule has 1 aromatic carbocycles. The van der Waals surface area contributed by atoms with Crippen molar-refractivity contribution in [2.75, 3.05) is 23.3 Å². The Balaban J connectivity index is 1.67. The van der Waals surface area contributed by atoms with E-state index >= 15 is 0 Å². The summed E-state index contributed by atoms with van der Waals surface area (Å²) in [6.07, 6.45) is -2.41. The molecule has 4 heterocycles. The molecule has 0 aliphatic carbocycles. The molecule has 3 aromatic heterocycles. The highest BCUT2D eigenvalue weighted by Gasteiger charge is 2.35. The lowest BCUT2D eigenvalue weighted by atomic mass is 10.0. The van der Waals surface area contributed by atoms with E-state index in [-0.39, 0.29) is 54.1 Å². The fourth-order valence-corrected chi connectivity index (χ4v) is 4.86. The van der Waals surface area contributed by atoms with Crippen LogP contribution >= 0.6 is 11.6 Å². The number of rotatable bonds is 6. The second-order valence-corrected chi connectivity index (χ2v) is 9.75. The van der Waals surface area contributed by atoms with Crippen molar-refractivity contribution >= 4 is 45.8 Å². The Labute approximate surface area is 219 Å². The topological polar surface area (TPSA) is 95.6 Å². The summed E-state index contributed by atoms with van der Waals surface area (Å²) in [5.74, 6) is -3.83. The number of piperidine rings is 1. The molecule has 0 amide bonds. The van der Waals surface area contributed by atoms with E-state index in [0.717, 1.165) is 5.56 Å². The Morgan fingerprint density at radius 2 is 1.87 bits per heavy atom. The zero-order chi connectivity index (χ0) is 27.4. The van der Waals surface area contributed by atoms with Crippen molar-refractivity contribution in [3.05, 3.63) is 58.1 Å². The third-order valence-corrected chi connectivity index (χ3v) is 6.79. The van der Waals surface area contributed by atoms with Crippen LogP contribution in [0.1, 0.15) is 59.5 Å². The summed E-state index contributed by atoms with van der Waals surface area (Å²) in [5.41, 5.74) is 1.61. The van der Waals surface area contributed by atoms with Gasteiger partial charge in [-0.15, -0.1) is 0 Å². The van der Waals surface area contributed by atoms with Crippen LogP contribution in [0.3, 0.4) is 0 Å². The van der Waals surface area contributed by atoms with Gasteiger partial charge >= 0.3 is 5.97 Å². The Bertz CT molecular complexity index is 1550. The highest BCUT2D eigenvalue weighted by atomic mass is 35.5. The normalized spacial score (nSPS) is 16.4. The molecular weight excluding hydrogens is 528 g/mol. The van der Waals surface area contributed by atoms with Crippen molar-refractivity contribution in [3.8, 4) is 0 Å². The number of hydrogen-bond donors (Lipinski definition) is 2. The van der Waals surface area contributed by atoms with Gasteiger partial charge in [0.1, 0.15) is 16.5 Å². The van der Waals surface area contributed by atoms with Gasteiger partial charge in [-0.3, -0.25) is 4.40 Å². The van der Waals surface area contributed by atoms with Crippen LogP contribution in [-0.2, 0) is 0 Å². The van der Waals surface area contributed by atoms with Crippen molar-refractivity contribution in [1.29, 1.82) is 0 Å². The predicted octanol–water partition coefficient (Wildman–Crippen LogP) is 6.28. The van der Waals surface area contributed by atoms with E-state index in [1.54, 1.807) is 17.9 Å². The first-order valence-corrected chi connectivity index (χ1v) is 12.2. The molecule has 38 heavy (non-hydrogen) atoms. The molecule has 13 heteroatoms. The SMILES string of the molecule is Cc1cc([C@@H](C)Nc2ccc(Cl)nc2C(=O)O)c2nc(N3CCC(F)(F)CC3)n3cc(C(F)F)nc3c2c1. The van der Waals surface area contributed by atoms with Crippen molar-refractivity contribution in [3.63, 3.8) is 0 Å². The number of carbonyl (C=O) groups is 1. The summed E-state index contributed by atoms with van der Waals surface area (Å²) in [5, 5.41) is 13.2. The number of alkyl halides is 4. The van der Waals surface area contributed by atoms with Gasteiger partial charge in [0, 0.05) is 43.1 Å². The van der Waals surface area contributed by atoms with Gasteiger partial charge in [0.15, 0.2) is 5.69 Å². The van der Waals surface area contributed by atoms with Gasteiger partial charge in [0.25, 0.3) is 12.3 Å². The van der Waals surface area contributed by atoms with E-state index in [9.17, 15) is 27.5 Å². The number of imidazole rings is 1. The fourth-order valence-electron chi connectivity index (χ4n) is 4.71. The van der Waals surface area contributed by atoms with Crippen LogP contribution in [0.4, 0.5) is 29.2 Å². The molecule has 8 nitrogen and oxygen atoms in total. The highest BCUT2D eigenvalue weighted by molar-refractivity contribution is 6.29. The van der Waals surface area contributed by atoms with Crippen LogP contribution in [0.2, 0.25) is 5.15 Å². The van der Waals surface area contributed by atoms with Crippen LogP contribution < -0.4 is 10.2 Å². The maximum atomic E-state index is 13.9. The molecule has 1 saturated heterocycles. The zero-order valence-electron chi connectivity index (χ0n) is 20.4. The highest BCUT2D eigenvalue weighted by Crippen LogP contribution is 2.36. The average molecular weight is 551 g/mol. The van der Waals surface area contributed by atoms with Crippen LogP contribution in [-0.4, -0.2) is 49.4 Å². The summed E-state index contributed by atoms with van der Waals surface area (Å²) >= 11 is 5.88. The number of aryl methyl sites for hydroxylation is 1. The third kappa shape index (κ3) is 4.80. The summed E-state index contributed by atoms with van der Waals surface area (Å²) in [6, 6.07) is 6.06. The minimum atomic E-state index is -2.83. The smallest absolute Gasteiger partial charge is 0.356 e. The zero-order valence-corrected chi connectivity index (χ0v) is 21.1. The molecule has 0 radical (unpaired) electrons. The maximum Gasteiger partial charge on any atom is 0.356 e. The number of anilines is 2. The van der Waals surface area contributed by atoms with Gasteiger partial charge in [0.2, 0.25) is 5.95 Å². The molecule has 0 bridgehead atoms. The monoisotopic (exact) mass is 550 g/mol. The molecule has 4 aromatic rings. The number of carboxylic acid groups (broad SMARTS) is 1. The summed E-state index contributed by atoms with van der Waals surface area (Å²) in [7, 11) is 0. The van der Waals surface area contributed by atoms with Gasteiger partial charge in [-0.1, -0.05) is 17.7 Å². The molecule has 1 fully saturated rings. The number of benzene rings is 1. The first-order valence-electron chi connectivity index (χ1n) is 11.8. The standard InChI is InChI=1S/C25H23ClF4N6O2/c1-12-9-14(13(2)31-16-3-4-18(26)33-20(16)23(37)38)19-15(10-12)22-32-17(21(27)28)11-36(22)24(34-19)35-7-5-25(29,30)6-8-35/h3-4,9-11,13,21,31H,5-8H2,1-2H3,(H,37,38)/t13-/m1/s1. The van der Waals surface area contributed by atoms with Crippen LogP contribution in [0.5, 0.6) is 0 Å². The van der Waals surface area contributed by atoms with Crippen LogP contribution in [0.15, 0.2) is 30.5 Å². The molecular formula is C25H23ClF4N6O2. The molecule has 1 aliphatic rings. The quantitative estimate of drug-likeness (QED) is 0.215. The van der Waals surface area contributed by atoms with Gasteiger partial charge in [0.05, 0.1) is 17.2 Å². The minimum absolute atomic E-state index is 0.00376. The van der Waals surface area contributed by atoms with E-state index in [4.69, 9.17) is 16.6 Å². The van der Waals surface area contributed by atoms with E-state index in [1.165, 1.54) is 22.7 Å². The second kappa shape index (κ2) is 9.57. The number of aromatic carboxylic acids is 1. The molecule has 1 atom stereocenters. The lowest BCUT2D eigenvalue weighted by molar-refractivity contribution is -0.0222. The second-order valence-electron chi connectivity index (χ2n) is 9.37. The van der Waals surface area contributed by atoms with Gasteiger partial charge in [-0.05, 0) is 37.6 Å². The summed E-state index contributed by atoms with van der Waals surface area (Å²) < 4.78 is 56.5. The Kier molecular flexibility index (Phi) is 6.54. The number of nitrogens with zero attached hydrogens (tertiary/aromatic N) is 5. The lowest BCUT2D eigenvalue weighted by Gasteiger charge is -2.33. The molecule has 0 spiro atoms. The Hall–Kier alpha value is -3.67. The first kappa shape index (κ1) is 26.0. The van der Waals surface area contributed by atoms with E-state index in [1.807, 2.05) is 13.0 Å². The Morgan fingerprint density at radius 1 is 1.16 bits per heavy atom.